The van der Waals surface area contributed by atoms with Gasteiger partial charge in [-0.1, -0.05) is 33.3 Å². The van der Waals surface area contributed by atoms with Crippen molar-refractivity contribution in [3.8, 4) is 0 Å². The molecule has 0 aromatic heterocycles. The highest BCUT2D eigenvalue weighted by molar-refractivity contribution is 9.10. The first kappa shape index (κ1) is 16.5. The van der Waals surface area contributed by atoms with Crippen molar-refractivity contribution in [3.63, 3.8) is 0 Å². The molecule has 19 heavy (non-hydrogen) atoms. The third-order valence-electron chi connectivity index (χ3n) is 3.46. The van der Waals surface area contributed by atoms with Crippen molar-refractivity contribution in [3.05, 3.63) is 28.2 Å². The maximum atomic E-state index is 3.70. The van der Waals surface area contributed by atoms with Crippen molar-refractivity contribution in [1.82, 2.24) is 5.32 Å². The third kappa shape index (κ3) is 5.53. The second-order valence-electron chi connectivity index (χ2n) is 5.36. The lowest BCUT2D eigenvalue weighted by atomic mass is 10.1. The van der Waals surface area contributed by atoms with Crippen LogP contribution in [0.5, 0.6) is 0 Å². The zero-order valence-corrected chi connectivity index (χ0v) is 14.3. The molecule has 2 nitrogen and oxygen atoms in total. The summed E-state index contributed by atoms with van der Waals surface area (Å²) in [5.41, 5.74) is 2.61. The van der Waals surface area contributed by atoms with Gasteiger partial charge in [-0.25, -0.2) is 0 Å². The van der Waals surface area contributed by atoms with Gasteiger partial charge in [0, 0.05) is 24.6 Å². The van der Waals surface area contributed by atoms with Gasteiger partial charge in [0.25, 0.3) is 0 Å². The molecule has 1 N–H and O–H groups in total. The van der Waals surface area contributed by atoms with Crippen molar-refractivity contribution in [2.24, 2.45) is 5.92 Å². The van der Waals surface area contributed by atoms with Crippen LogP contribution in [0.1, 0.15) is 39.2 Å². The number of nitrogens with zero attached hydrogens (tertiary/aromatic N) is 1. The van der Waals surface area contributed by atoms with Crippen molar-refractivity contribution >= 4 is 21.6 Å². The minimum absolute atomic E-state index is 0.725. The molecule has 1 rings (SSSR count). The van der Waals surface area contributed by atoms with Gasteiger partial charge in [-0.05, 0) is 52.5 Å². The molecule has 0 amide bonds. The quantitative estimate of drug-likeness (QED) is 0.711. The van der Waals surface area contributed by atoms with Crippen LogP contribution in [0.3, 0.4) is 0 Å². The Morgan fingerprint density at radius 1 is 1.32 bits per heavy atom. The van der Waals surface area contributed by atoms with Crippen molar-refractivity contribution < 1.29 is 0 Å². The highest BCUT2D eigenvalue weighted by atomic mass is 79.9. The van der Waals surface area contributed by atoms with Gasteiger partial charge in [-0.15, -0.1) is 0 Å². The van der Waals surface area contributed by atoms with Gasteiger partial charge in [0.2, 0.25) is 0 Å². The minimum Gasteiger partial charge on any atom is -0.373 e. The molecule has 0 aliphatic carbocycles. The predicted molar refractivity (Wildman–Crippen MR) is 88.9 cm³/mol. The molecular formula is C16H27BrN2. The lowest BCUT2D eigenvalue weighted by molar-refractivity contribution is 0.559. The summed E-state index contributed by atoms with van der Waals surface area (Å²) in [5.74, 6) is 0.725. The summed E-state index contributed by atoms with van der Waals surface area (Å²) < 4.78 is 1.19. The molecule has 0 saturated carbocycles. The molecule has 0 aliphatic heterocycles. The molecule has 0 heterocycles. The Bertz CT molecular complexity index is 379. The molecule has 0 radical (unpaired) electrons. The summed E-state index contributed by atoms with van der Waals surface area (Å²) in [5, 5.41) is 3.43. The summed E-state index contributed by atoms with van der Waals surface area (Å²) in [4.78, 5) is 2.33. The smallest absolute Gasteiger partial charge is 0.0508 e. The second kappa shape index (κ2) is 8.60. The van der Waals surface area contributed by atoms with E-state index in [0.717, 1.165) is 25.6 Å². The fourth-order valence-corrected chi connectivity index (χ4v) is 2.80. The van der Waals surface area contributed by atoms with Crippen LogP contribution in [0.25, 0.3) is 0 Å². The lowest BCUT2D eigenvalue weighted by Crippen LogP contribution is -2.24. The fourth-order valence-electron chi connectivity index (χ4n) is 2.07. The summed E-state index contributed by atoms with van der Waals surface area (Å²) in [6, 6.07) is 6.66. The average molecular weight is 327 g/mol. The highest BCUT2D eigenvalue weighted by Gasteiger charge is 2.09. The Hall–Kier alpha value is -0.540. The van der Waals surface area contributed by atoms with Gasteiger partial charge in [0.15, 0.2) is 0 Å². The number of anilines is 1. The Kier molecular flexibility index (Phi) is 7.47. The van der Waals surface area contributed by atoms with Crippen LogP contribution >= 0.6 is 15.9 Å². The van der Waals surface area contributed by atoms with E-state index in [4.69, 9.17) is 0 Å². The first-order valence-corrected chi connectivity index (χ1v) is 8.08. The van der Waals surface area contributed by atoms with Gasteiger partial charge in [-0.3, -0.25) is 0 Å². The SMILES string of the molecule is CCCNCc1ccc(N(C)CC(C)CC)c(Br)c1. The van der Waals surface area contributed by atoms with Crippen LogP contribution in [-0.4, -0.2) is 20.1 Å². The van der Waals surface area contributed by atoms with Crippen LogP contribution in [-0.2, 0) is 6.54 Å². The van der Waals surface area contributed by atoms with E-state index >= 15 is 0 Å². The molecular weight excluding hydrogens is 300 g/mol. The molecule has 1 atom stereocenters. The van der Waals surface area contributed by atoms with Crippen molar-refractivity contribution in [2.75, 3.05) is 25.0 Å². The first-order chi connectivity index (χ1) is 9.08. The molecule has 1 aromatic carbocycles. The van der Waals surface area contributed by atoms with Gasteiger partial charge < -0.3 is 10.2 Å². The number of benzene rings is 1. The van der Waals surface area contributed by atoms with Crippen LogP contribution in [0.4, 0.5) is 5.69 Å². The average Bonchev–Trinajstić information content (AvgIpc) is 2.38. The third-order valence-corrected chi connectivity index (χ3v) is 4.10. The Labute approximate surface area is 126 Å². The van der Waals surface area contributed by atoms with Crippen molar-refractivity contribution in [2.45, 2.75) is 40.2 Å². The number of hydrogen-bond acceptors (Lipinski definition) is 2. The molecule has 0 saturated heterocycles. The molecule has 0 aliphatic rings. The van der Waals surface area contributed by atoms with E-state index in [0.29, 0.717) is 0 Å². The van der Waals surface area contributed by atoms with Crippen LogP contribution in [0, 0.1) is 5.92 Å². The first-order valence-electron chi connectivity index (χ1n) is 7.28. The minimum atomic E-state index is 0.725. The van der Waals surface area contributed by atoms with Crippen LogP contribution < -0.4 is 10.2 Å². The van der Waals surface area contributed by atoms with Crippen molar-refractivity contribution in [1.29, 1.82) is 0 Å². The fraction of sp³-hybridized carbons (Fsp3) is 0.625. The number of halogens is 1. The zero-order valence-electron chi connectivity index (χ0n) is 12.7. The monoisotopic (exact) mass is 326 g/mol. The van der Waals surface area contributed by atoms with Gasteiger partial charge in [-0.2, -0.15) is 0 Å². The topological polar surface area (TPSA) is 15.3 Å². The zero-order chi connectivity index (χ0) is 14.3. The highest BCUT2D eigenvalue weighted by Crippen LogP contribution is 2.27. The summed E-state index contributed by atoms with van der Waals surface area (Å²) in [7, 11) is 2.17. The second-order valence-corrected chi connectivity index (χ2v) is 6.21. The van der Waals surface area contributed by atoms with E-state index in [1.54, 1.807) is 0 Å². The van der Waals surface area contributed by atoms with E-state index < -0.39 is 0 Å². The molecule has 0 spiro atoms. The standard InChI is InChI=1S/C16H27BrN2/c1-5-9-18-11-14-7-8-16(15(17)10-14)19(4)12-13(3)6-2/h7-8,10,13,18H,5-6,9,11-12H2,1-4H3. The number of rotatable bonds is 8. The molecule has 3 heteroatoms. The Morgan fingerprint density at radius 2 is 2.05 bits per heavy atom. The van der Waals surface area contributed by atoms with Gasteiger partial charge in [0.05, 0.1) is 5.69 Å². The lowest BCUT2D eigenvalue weighted by Gasteiger charge is -2.24. The molecule has 108 valence electrons. The predicted octanol–water partition coefficient (Wildman–Crippen LogP) is 4.43. The van der Waals surface area contributed by atoms with Gasteiger partial charge in [0.1, 0.15) is 0 Å². The van der Waals surface area contributed by atoms with Crippen LogP contribution in [0.2, 0.25) is 0 Å². The van der Waals surface area contributed by atoms with E-state index in [1.165, 1.54) is 28.6 Å². The summed E-state index contributed by atoms with van der Waals surface area (Å²) in [6.45, 7) is 9.86. The summed E-state index contributed by atoms with van der Waals surface area (Å²) in [6.07, 6.45) is 2.40. The van der Waals surface area contributed by atoms with Gasteiger partial charge >= 0.3 is 0 Å². The molecule has 0 bridgehead atoms. The molecule has 1 unspecified atom stereocenters. The van der Waals surface area contributed by atoms with Crippen LogP contribution in [0.15, 0.2) is 22.7 Å². The van der Waals surface area contributed by atoms with E-state index in [9.17, 15) is 0 Å². The van der Waals surface area contributed by atoms with E-state index in [1.807, 2.05) is 0 Å². The number of hydrogen-bond donors (Lipinski definition) is 1. The maximum Gasteiger partial charge on any atom is 0.0508 e. The number of nitrogens with one attached hydrogen (secondary N) is 1. The molecule has 0 fully saturated rings. The largest absolute Gasteiger partial charge is 0.373 e. The van der Waals surface area contributed by atoms with E-state index in [-0.39, 0.29) is 0 Å². The molecule has 1 aromatic rings. The summed E-state index contributed by atoms with van der Waals surface area (Å²) >= 11 is 3.70. The Balaban J connectivity index is 2.65. The maximum absolute atomic E-state index is 3.70. The normalized spacial score (nSPS) is 12.5. The Morgan fingerprint density at radius 3 is 2.63 bits per heavy atom. The van der Waals surface area contributed by atoms with E-state index in [2.05, 4.69) is 72.2 Å².